The van der Waals surface area contributed by atoms with E-state index in [2.05, 4.69) is 25.9 Å². The highest BCUT2D eigenvalue weighted by atomic mass is 19.1. The topological polar surface area (TPSA) is 96.0 Å². The molecule has 1 heterocycles. The zero-order valence-corrected chi connectivity index (χ0v) is 19.1. The fraction of sp³-hybridized carbons (Fsp3) is 0.111. The molecule has 2 amide bonds. The van der Waals surface area contributed by atoms with E-state index in [1.165, 1.54) is 13.0 Å². The second-order valence-electron chi connectivity index (χ2n) is 7.83. The molecular weight excluding hydrogens is 445 g/mol. The Hall–Kier alpha value is -4.59. The number of amides is 2. The van der Waals surface area contributed by atoms with Crippen molar-refractivity contribution in [3.05, 3.63) is 102 Å². The van der Waals surface area contributed by atoms with Crippen LogP contribution in [0, 0.1) is 5.82 Å². The van der Waals surface area contributed by atoms with Crippen LogP contribution in [-0.2, 0) is 11.2 Å². The minimum atomic E-state index is -0.279. The van der Waals surface area contributed by atoms with Crippen LogP contribution in [0.1, 0.15) is 22.8 Å². The van der Waals surface area contributed by atoms with E-state index in [1.807, 2.05) is 18.2 Å². The molecule has 0 saturated heterocycles. The van der Waals surface area contributed by atoms with E-state index in [-0.39, 0.29) is 17.6 Å². The van der Waals surface area contributed by atoms with Crippen LogP contribution >= 0.6 is 0 Å². The summed E-state index contributed by atoms with van der Waals surface area (Å²) in [7, 11) is 0. The van der Waals surface area contributed by atoms with Gasteiger partial charge in [0, 0.05) is 42.2 Å². The number of hydrogen-bond donors (Lipinski definition) is 3. The molecule has 0 fully saturated rings. The molecule has 0 atom stereocenters. The Morgan fingerprint density at radius 1 is 0.914 bits per heavy atom. The van der Waals surface area contributed by atoms with Crippen LogP contribution in [0.2, 0.25) is 0 Å². The summed E-state index contributed by atoms with van der Waals surface area (Å²) in [5, 5.41) is 8.68. The Labute approximate surface area is 202 Å². The molecule has 176 valence electrons. The van der Waals surface area contributed by atoms with Crippen LogP contribution in [0.3, 0.4) is 0 Å². The fourth-order valence-electron chi connectivity index (χ4n) is 3.49. The van der Waals surface area contributed by atoms with Gasteiger partial charge in [0.25, 0.3) is 5.91 Å². The second kappa shape index (κ2) is 11.0. The maximum atomic E-state index is 13.7. The Morgan fingerprint density at radius 2 is 1.71 bits per heavy atom. The van der Waals surface area contributed by atoms with Crippen molar-refractivity contribution in [3.63, 3.8) is 0 Å². The quantitative estimate of drug-likeness (QED) is 0.339. The van der Waals surface area contributed by atoms with Crippen molar-refractivity contribution < 1.29 is 14.0 Å². The summed E-state index contributed by atoms with van der Waals surface area (Å²) >= 11 is 0. The lowest BCUT2D eigenvalue weighted by Crippen LogP contribution is -2.25. The van der Waals surface area contributed by atoms with E-state index in [9.17, 15) is 14.0 Å². The zero-order chi connectivity index (χ0) is 24.6. The summed E-state index contributed by atoms with van der Waals surface area (Å²) in [6, 6.07) is 22.6. The Bertz CT molecular complexity index is 1340. The molecule has 0 aliphatic carbocycles. The molecule has 0 radical (unpaired) electrons. The summed E-state index contributed by atoms with van der Waals surface area (Å²) in [4.78, 5) is 32.6. The molecule has 0 saturated carbocycles. The summed E-state index contributed by atoms with van der Waals surface area (Å²) in [6.45, 7) is 1.78. The van der Waals surface area contributed by atoms with E-state index >= 15 is 0 Å². The molecule has 1 aromatic heterocycles. The maximum absolute atomic E-state index is 13.7. The van der Waals surface area contributed by atoms with Crippen LogP contribution in [0.15, 0.2) is 85.1 Å². The lowest BCUT2D eigenvalue weighted by atomic mass is 10.1. The van der Waals surface area contributed by atoms with Crippen molar-refractivity contribution in [2.75, 3.05) is 17.2 Å². The number of hydrogen-bond acceptors (Lipinski definition) is 5. The van der Waals surface area contributed by atoms with Gasteiger partial charge in [0.1, 0.15) is 5.82 Å². The van der Waals surface area contributed by atoms with E-state index in [0.717, 1.165) is 5.56 Å². The zero-order valence-electron chi connectivity index (χ0n) is 19.1. The van der Waals surface area contributed by atoms with Crippen LogP contribution in [0.5, 0.6) is 0 Å². The van der Waals surface area contributed by atoms with Gasteiger partial charge in [0.05, 0.1) is 5.69 Å². The first kappa shape index (κ1) is 23.6. The van der Waals surface area contributed by atoms with E-state index in [4.69, 9.17) is 0 Å². The normalized spacial score (nSPS) is 10.5. The number of carbonyl (C=O) groups excluding carboxylic acids is 2. The van der Waals surface area contributed by atoms with Gasteiger partial charge in [-0.05, 0) is 54.4 Å². The molecule has 0 unspecified atom stereocenters. The van der Waals surface area contributed by atoms with Gasteiger partial charge in [-0.2, -0.15) is 0 Å². The largest absolute Gasteiger partial charge is 0.352 e. The summed E-state index contributed by atoms with van der Waals surface area (Å²) in [6.07, 6.45) is 2.05. The number of nitrogens with zero attached hydrogens (tertiary/aromatic N) is 2. The van der Waals surface area contributed by atoms with Gasteiger partial charge in [0.15, 0.2) is 0 Å². The fourth-order valence-corrected chi connectivity index (χ4v) is 3.49. The molecule has 7 nitrogen and oxygen atoms in total. The third-order valence-electron chi connectivity index (χ3n) is 5.18. The molecule has 3 aromatic carbocycles. The van der Waals surface area contributed by atoms with Gasteiger partial charge in [-0.25, -0.2) is 14.4 Å². The average molecular weight is 470 g/mol. The molecule has 4 rings (SSSR count). The maximum Gasteiger partial charge on any atom is 0.251 e. The molecule has 0 bridgehead atoms. The number of anilines is 3. The Morgan fingerprint density at radius 3 is 2.49 bits per heavy atom. The van der Waals surface area contributed by atoms with Crippen molar-refractivity contribution in [2.24, 2.45) is 0 Å². The molecule has 0 spiro atoms. The number of carbonyl (C=O) groups is 2. The number of halogens is 1. The molecule has 0 aliphatic rings. The first-order valence-corrected chi connectivity index (χ1v) is 11.1. The van der Waals surface area contributed by atoms with Crippen LogP contribution in [0.4, 0.5) is 21.7 Å². The van der Waals surface area contributed by atoms with E-state index < -0.39 is 0 Å². The Balaban J connectivity index is 1.39. The standard InChI is InChI=1S/C27H24FN5O2/c1-18(34)31-22-11-9-20(10-12-22)25-14-16-30-27(33-25)32-23-7-4-6-21(17-23)26(35)29-15-13-19-5-2-3-8-24(19)28/h2-12,14,16-17H,13,15H2,1H3,(H,29,35)(H,31,34)(H,30,32,33). The second-order valence-corrected chi connectivity index (χ2v) is 7.83. The van der Waals surface area contributed by atoms with Crippen molar-refractivity contribution in [2.45, 2.75) is 13.3 Å². The molecule has 3 N–H and O–H groups in total. The highest BCUT2D eigenvalue weighted by Crippen LogP contribution is 2.22. The average Bonchev–Trinajstić information content (AvgIpc) is 2.85. The van der Waals surface area contributed by atoms with Gasteiger partial charge in [0.2, 0.25) is 11.9 Å². The first-order chi connectivity index (χ1) is 17.0. The molecule has 35 heavy (non-hydrogen) atoms. The van der Waals surface area contributed by atoms with Gasteiger partial charge >= 0.3 is 0 Å². The minimum Gasteiger partial charge on any atom is -0.352 e. The molecule has 8 heteroatoms. The predicted octanol–water partition coefficient (Wildman–Crippen LogP) is 4.96. The van der Waals surface area contributed by atoms with E-state index in [0.29, 0.717) is 47.1 Å². The smallest absolute Gasteiger partial charge is 0.251 e. The van der Waals surface area contributed by atoms with E-state index in [1.54, 1.807) is 60.8 Å². The minimum absolute atomic E-state index is 0.132. The molecule has 0 aliphatic heterocycles. The van der Waals surface area contributed by atoms with Gasteiger partial charge in [-0.15, -0.1) is 0 Å². The lowest BCUT2D eigenvalue weighted by molar-refractivity contribution is -0.114. The van der Waals surface area contributed by atoms with Crippen LogP contribution in [-0.4, -0.2) is 28.3 Å². The van der Waals surface area contributed by atoms with Crippen molar-refractivity contribution in [1.82, 2.24) is 15.3 Å². The third-order valence-corrected chi connectivity index (χ3v) is 5.18. The third kappa shape index (κ3) is 6.48. The summed E-state index contributed by atoms with van der Waals surface area (Å²) in [5.74, 6) is -0.282. The lowest BCUT2D eigenvalue weighted by Gasteiger charge is -2.10. The number of benzene rings is 3. The van der Waals surface area contributed by atoms with Crippen LogP contribution in [0.25, 0.3) is 11.3 Å². The number of nitrogens with one attached hydrogen (secondary N) is 3. The van der Waals surface area contributed by atoms with Crippen molar-refractivity contribution >= 4 is 29.1 Å². The van der Waals surface area contributed by atoms with Crippen LogP contribution < -0.4 is 16.0 Å². The highest BCUT2D eigenvalue weighted by Gasteiger charge is 2.09. The summed E-state index contributed by atoms with van der Waals surface area (Å²) in [5.41, 5.74) is 3.97. The van der Waals surface area contributed by atoms with Crippen molar-refractivity contribution in [1.29, 1.82) is 0 Å². The molecular formula is C27H24FN5O2. The number of aromatic nitrogens is 2. The summed E-state index contributed by atoms with van der Waals surface area (Å²) < 4.78 is 13.7. The highest BCUT2D eigenvalue weighted by molar-refractivity contribution is 5.95. The van der Waals surface area contributed by atoms with Gasteiger partial charge in [-0.1, -0.05) is 36.4 Å². The monoisotopic (exact) mass is 469 g/mol. The van der Waals surface area contributed by atoms with Gasteiger partial charge in [-0.3, -0.25) is 9.59 Å². The molecule has 4 aromatic rings. The predicted molar refractivity (Wildman–Crippen MR) is 134 cm³/mol. The Kier molecular flexibility index (Phi) is 7.42. The number of rotatable bonds is 8. The van der Waals surface area contributed by atoms with Crippen molar-refractivity contribution in [3.8, 4) is 11.3 Å². The SMILES string of the molecule is CC(=O)Nc1ccc(-c2ccnc(Nc3cccc(C(=O)NCCc4ccccc4F)c3)n2)cc1. The van der Waals surface area contributed by atoms with Gasteiger partial charge < -0.3 is 16.0 Å². The first-order valence-electron chi connectivity index (χ1n) is 11.1.